The highest BCUT2D eigenvalue weighted by molar-refractivity contribution is 7.99. The molecule has 1 fully saturated rings. The summed E-state index contributed by atoms with van der Waals surface area (Å²) in [5, 5.41) is 7.30. The van der Waals surface area contributed by atoms with E-state index in [1.165, 1.54) is 6.33 Å². The van der Waals surface area contributed by atoms with Gasteiger partial charge in [-0.1, -0.05) is 68.1 Å². The smallest absolute Gasteiger partial charge is 0.255 e. The van der Waals surface area contributed by atoms with E-state index < -0.39 is 0 Å². The number of pyridine rings is 1. The Hall–Kier alpha value is -6.57. The molecule has 298 valence electrons. The van der Waals surface area contributed by atoms with Crippen LogP contribution in [0.5, 0.6) is 0 Å². The third kappa shape index (κ3) is 8.66. The highest BCUT2D eigenvalue weighted by Crippen LogP contribution is 2.38. The minimum absolute atomic E-state index is 0.0693. The van der Waals surface area contributed by atoms with Crippen molar-refractivity contribution in [2.75, 3.05) is 37.0 Å². The van der Waals surface area contributed by atoms with Crippen LogP contribution >= 0.6 is 11.8 Å². The van der Waals surface area contributed by atoms with Gasteiger partial charge in [0.25, 0.3) is 5.91 Å². The molecule has 0 aliphatic carbocycles. The molecule has 0 bridgehead atoms. The second kappa shape index (κ2) is 17.1. The van der Waals surface area contributed by atoms with Crippen LogP contribution in [0.4, 0.5) is 22.9 Å². The molecule has 59 heavy (non-hydrogen) atoms. The Morgan fingerprint density at radius 1 is 0.915 bits per heavy atom. The lowest BCUT2D eigenvalue weighted by Gasteiger charge is -2.31. The number of anilines is 4. The van der Waals surface area contributed by atoms with Crippen molar-refractivity contribution >= 4 is 57.5 Å². The minimum Gasteiger partial charge on any atom is -0.399 e. The van der Waals surface area contributed by atoms with E-state index in [1.807, 2.05) is 139 Å². The summed E-state index contributed by atoms with van der Waals surface area (Å²) in [6, 6.07) is 34.2. The maximum atomic E-state index is 13.9. The summed E-state index contributed by atoms with van der Waals surface area (Å²) in [6.45, 7) is 4.87. The van der Waals surface area contributed by atoms with Crippen LogP contribution in [-0.2, 0) is 4.79 Å². The SMILES string of the molecule is CC(C)c1ccc2c(Nc3cc(C(=O)Nc4ccc(-c5c[nH]c(C6CCCN6C(=O)C(c6ccccc6)N(C)C)n5)cc4)ccc3Sc3ccc(N)cc3)ncnc2n1. The third-order valence-electron chi connectivity index (χ3n) is 10.5. The van der Waals surface area contributed by atoms with E-state index in [4.69, 9.17) is 15.7 Å². The molecule has 0 saturated carbocycles. The molecular weight excluding hydrogens is 757 g/mol. The van der Waals surface area contributed by atoms with Gasteiger partial charge in [-0.3, -0.25) is 14.5 Å². The van der Waals surface area contributed by atoms with Crippen molar-refractivity contribution in [3.05, 3.63) is 144 Å². The number of likely N-dealkylation sites (tertiary alicyclic amines) is 1. The first-order valence-electron chi connectivity index (χ1n) is 19.7. The number of benzene rings is 4. The van der Waals surface area contributed by atoms with Gasteiger partial charge >= 0.3 is 0 Å². The maximum absolute atomic E-state index is 13.9. The van der Waals surface area contributed by atoms with Crippen LogP contribution in [0.3, 0.4) is 0 Å². The molecule has 4 heterocycles. The Balaban J connectivity index is 0.993. The van der Waals surface area contributed by atoms with E-state index in [0.29, 0.717) is 40.6 Å². The zero-order valence-electron chi connectivity index (χ0n) is 33.4. The van der Waals surface area contributed by atoms with Crippen LogP contribution in [0.1, 0.15) is 72.1 Å². The van der Waals surface area contributed by atoms with Gasteiger partial charge in [0.2, 0.25) is 5.91 Å². The average Bonchev–Trinajstić information content (AvgIpc) is 3.94. The van der Waals surface area contributed by atoms with E-state index in [2.05, 4.69) is 39.4 Å². The molecule has 13 heteroatoms. The Morgan fingerprint density at radius 3 is 2.44 bits per heavy atom. The van der Waals surface area contributed by atoms with E-state index in [0.717, 1.165) is 56.4 Å². The topological polar surface area (TPSA) is 158 Å². The van der Waals surface area contributed by atoms with Crippen molar-refractivity contribution in [2.45, 2.75) is 54.5 Å². The molecule has 7 aromatic rings. The van der Waals surface area contributed by atoms with Gasteiger partial charge < -0.3 is 26.3 Å². The second-order valence-electron chi connectivity index (χ2n) is 15.2. The van der Waals surface area contributed by atoms with Crippen molar-refractivity contribution in [3.63, 3.8) is 0 Å². The van der Waals surface area contributed by atoms with Crippen LogP contribution < -0.4 is 16.4 Å². The number of hydrogen-bond donors (Lipinski definition) is 4. The van der Waals surface area contributed by atoms with Gasteiger partial charge in [-0.25, -0.2) is 19.9 Å². The van der Waals surface area contributed by atoms with Crippen molar-refractivity contribution in [3.8, 4) is 11.3 Å². The number of aromatic nitrogens is 5. The number of nitrogen functional groups attached to an aromatic ring is 1. The van der Waals surface area contributed by atoms with Crippen LogP contribution in [0.2, 0.25) is 0 Å². The fraction of sp³-hybridized carbons (Fsp3) is 0.217. The number of aromatic amines is 1. The van der Waals surface area contributed by atoms with Crippen LogP contribution in [0.15, 0.2) is 132 Å². The summed E-state index contributed by atoms with van der Waals surface area (Å²) in [6.07, 6.45) is 5.12. The molecule has 0 radical (unpaired) electrons. The molecule has 3 aromatic heterocycles. The van der Waals surface area contributed by atoms with Gasteiger partial charge in [-0.05, 0) is 105 Å². The predicted octanol–water partition coefficient (Wildman–Crippen LogP) is 9.23. The number of amides is 2. The lowest BCUT2D eigenvalue weighted by Crippen LogP contribution is -2.40. The van der Waals surface area contributed by atoms with Gasteiger partial charge in [0.1, 0.15) is 24.0 Å². The number of fused-ring (bicyclic) bond motifs is 1. The molecule has 2 unspecified atom stereocenters. The zero-order chi connectivity index (χ0) is 41.0. The number of nitrogens with zero attached hydrogens (tertiary/aromatic N) is 6. The van der Waals surface area contributed by atoms with E-state index >= 15 is 0 Å². The van der Waals surface area contributed by atoms with Crippen molar-refractivity contribution < 1.29 is 9.59 Å². The first-order valence-corrected chi connectivity index (χ1v) is 20.5. The molecular formula is C46H46N10O2S. The Kier molecular flexibility index (Phi) is 11.4. The first-order chi connectivity index (χ1) is 28.6. The lowest BCUT2D eigenvalue weighted by atomic mass is 10.0. The van der Waals surface area contributed by atoms with Gasteiger partial charge in [-0.15, -0.1) is 0 Å². The zero-order valence-corrected chi connectivity index (χ0v) is 34.2. The number of nitrogens with one attached hydrogen (secondary N) is 3. The molecule has 1 saturated heterocycles. The van der Waals surface area contributed by atoms with Gasteiger partial charge in [0.15, 0.2) is 5.65 Å². The maximum Gasteiger partial charge on any atom is 0.255 e. The molecule has 12 nitrogen and oxygen atoms in total. The lowest BCUT2D eigenvalue weighted by molar-refractivity contribution is -0.137. The fourth-order valence-electron chi connectivity index (χ4n) is 7.38. The molecule has 0 spiro atoms. The van der Waals surface area contributed by atoms with Crippen LogP contribution in [0.25, 0.3) is 22.3 Å². The van der Waals surface area contributed by atoms with Gasteiger partial charge in [0.05, 0.1) is 22.8 Å². The van der Waals surface area contributed by atoms with Crippen molar-refractivity contribution in [2.24, 2.45) is 0 Å². The molecule has 8 rings (SSSR count). The largest absolute Gasteiger partial charge is 0.399 e. The number of carbonyl (C=O) groups excluding carboxylic acids is 2. The number of carbonyl (C=O) groups is 2. The summed E-state index contributed by atoms with van der Waals surface area (Å²) in [4.78, 5) is 55.6. The number of H-pyrrole nitrogens is 1. The highest BCUT2D eigenvalue weighted by atomic mass is 32.2. The van der Waals surface area contributed by atoms with E-state index in [9.17, 15) is 9.59 Å². The average molecular weight is 803 g/mol. The number of imidazole rings is 1. The van der Waals surface area contributed by atoms with Gasteiger partial charge in [0, 0.05) is 50.7 Å². The molecule has 2 amide bonds. The molecule has 1 aliphatic rings. The molecule has 4 aromatic carbocycles. The van der Waals surface area contributed by atoms with Crippen molar-refractivity contribution in [1.29, 1.82) is 0 Å². The highest BCUT2D eigenvalue weighted by Gasteiger charge is 2.37. The number of rotatable bonds is 12. The summed E-state index contributed by atoms with van der Waals surface area (Å²) < 4.78 is 0. The van der Waals surface area contributed by atoms with Gasteiger partial charge in [-0.2, -0.15) is 0 Å². The Bertz CT molecular complexity index is 2590. The summed E-state index contributed by atoms with van der Waals surface area (Å²) >= 11 is 1.55. The quantitative estimate of drug-likeness (QED) is 0.0878. The van der Waals surface area contributed by atoms with Crippen molar-refractivity contribution in [1.82, 2.24) is 34.7 Å². The number of hydrogen-bond acceptors (Lipinski definition) is 10. The van der Waals surface area contributed by atoms with E-state index in [-0.39, 0.29) is 29.8 Å². The van der Waals surface area contributed by atoms with Crippen LogP contribution in [0, 0.1) is 0 Å². The molecule has 1 aliphatic heterocycles. The Morgan fingerprint density at radius 2 is 1.69 bits per heavy atom. The normalized spacial score (nSPS) is 14.5. The minimum atomic E-state index is -0.377. The first kappa shape index (κ1) is 39.3. The van der Waals surface area contributed by atoms with E-state index in [1.54, 1.807) is 11.8 Å². The summed E-state index contributed by atoms with van der Waals surface area (Å²) in [5.41, 5.74) is 12.6. The summed E-state index contributed by atoms with van der Waals surface area (Å²) in [5.74, 6) is 1.42. The third-order valence-corrected chi connectivity index (χ3v) is 11.6. The fourth-order valence-corrected chi connectivity index (χ4v) is 8.26. The predicted molar refractivity (Wildman–Crippen MR) is 235 cm³/mol. The Labute approximate surface area is 347 Å². The number of nitrogens with two attached hydrogens (primary N) is 1. The van der Waals surface area contributed by atoms with Crippen LogP contribution in [-0.4, -0.2) is 67.2 Å². The second-order valence-corrected chi connectivity index (χ2v) is 16.3. The standard InChI is InChI=1S/C46H46N10O2S/c1-28(2)36-22-21-35-42(52-36)49-27-50-43(35)53-37-25-31(14-23-40(37)59-34-19-15-32(47)16-20-34)45(57)51-33-17-12-29(13-18-33)38-26-48-44(54-38)39-11-8-24-56(39)46(58)41(55(3)4)30-9-6-5-7-10-30/h5-7,9-10,12-23,25-28,39,41H,8,11,24,47H2,1-4H3,(H,48,54)(H,51,57)(H,49,50,52,53). The molecule has 2 atom stereocenters. The molecule has 5 N–H and O–H groups in total. The summed E-state index contributed by atoms with van der Waals surface area (Å²) in [7, 11) is 3.88. The monoisotopic (exact) mass is 802 g/mol. The number of likely N-dealkylation sites (N-methyl/N-ethyl adjacent to an activating group) is 1.